The van der Waals surface area contributed by atoms with Gasteiger partial charge in [-0.15, -0.1) is 0 Å². The molecule has 0 unspecified atom stereocenters. The summed E-state index contributed by atoms with van der Waals surface area (Å²) in [6.45, 7) is 0. The summed E-state index contributed by atoms with van der Waals surface area (Å²) in [5.74, 6) is 5.35. The van der Waals surface area contributed by atoms with Crippen LogP contribution >= 0.6 is 15.9 Å². The van der Waals surface area contributed by atoms with E-state index in [4.69, 9.17) is 11.6 Å². The Morgan fingerprint density at radius 2 is 1.94 bits per heavy atom. The van der Waals surface area contributed by atoms with Gasteiger partial charge < -0.3 is 16.5 Å². The van der Waals surface area contributed by atoms with Gasteiger partial charge in [0.15, 0.2) is 11.6 Å². The first kappa shape index (κ1) is 12.5. The van der Waals surface area contributed by atoms with Gasteiger partial charge in [0.05, 0.1) is 5.69 Å². The second-order valence-electron chi connectivity index (χ2n) is 3.38. The highest BCUT2D eigenvalue weighted by molar-refractivity contribution is 9.10. The average Bonchev–Trinajstić information content (AvgIpc) is 2.35. The van der Waals surface area contributed by atoms with E-state index in [1.807, 2.05) is 0 Å². The molecule has 1 heterocycles. The predicted octanol–water partition coefficient (Wildman–Crippen LogP) is 1.99. The lowest BCUT2D eigenvalue weighted by Gasteiger charge is -2.11. The van der Waals surface area contributed by atoms with Gasteiger partial charge in [-0.2, -0.15) is 0 Å². The molecule has 0 saturated heterocycles. The fourth-order valence-corrected chi connectivity index (χ4v) is 1.66. The first-order valence-electron chi connectivity index (χ1n) is 4.91. The van der Waals surface area contributed by atoms with E-state index in [1.54, 1.807) is 12.1 Å². The molecular weight excluding hydrogens is 303 g/mol. The number of nitrogens with zero attached hydrogens (tertiary/aromatic N) is 2. The summed E-state index contributed by atoms with van der Waals surface area (Å²) in [4.78, 5) is 7.75. The van der Waals surface area contributed by atoms with Crippen molar-refractivity contribution in [1.29, 1.82) is 0 Å². The van der Waals surface area contributed by atoms with Crippen LogP contribution in [0.3, 0.4) is 0 Å². The molecule has 1 aromatic heterocycles. The van der Waals surface area contributed by atoms with Gasteiger partial charge in [0.1, 0.15) is 17.8 Å². The number of nitrogens with two attached hydrogens (primary N) is 2. The third-order valence-corrected chi connectivity index (χ3v) is 2.70. The van der Waals surface area contributed by atoms with Crippen molar-refractivity contribution in [2.24, 2.45) is 5.84 Å². The molecule has 0 aliphatic carbocycles. The summed E-state index contributed by atoms with van der Waals surface area (Å²) in [5, 5.41) is 2.77. The smallest absolute Gasteiger partial charge is 0.168 e. The number of hydrogen-bond donors (Lipinski definition) is 4. The van der Waals surface area contributed by atoms with Crippen LogP contribution in [-0.2, 0) is 0 Å². The zero-order chi connectivity index (χ0) is 13.1. The standard InChI is InChI=1S/C10H10BrFN6/c11-5-1-2-7(6(12)3-5)17-9-8(13)10(18-14)16-4-15-9/h1-4H,13-14H2,(H2,15,16,17,18). The molecule has 0 atom stereocenters. The van der Waals surface area contributed by atoms with Crippen molar-refractivity contribution in [2.45, 2.75) is 0 Å². The van der Waals surface area contributed by atoms with E-state index in [0.29, 0.717) is 4.47 Å². The topological polar surface area (TPSA) is 102 Å². The normalized spacial score (nSPS) is 10.2. The van der Waals surface area contributed by atoms with Crippen LogP contribution in [0.15, 0.2) is 29.0 Å². The zero-order valence-corrected chi connectivity index (χ0v) is 10.7. The van der Waals surface area contributed by atoms with Gasteiger partial charge in [-0.1, -0.05) is 15.9 Å². The quantitative estimate of drug-likeness (QED) is 0.510. The first-order chi connectivity index (χ1) is 8.61. The summed E-state index contributed by atoms with van der Waals surface area (Å²) in [7, 11) is 0. The molecule has 2 rings (SSSR count). The lowest BCUT2D eigenvalue weighted by atomic mass is 10.3. The second-order valence-corrected chi connectivity index (χ2v) is 4.29. The summed E-state index contributed by atoms with van der Waals surface area (Å²) in [5.41, 5.74) is 8.55. The van der Waals surface area contributed by atoms with E-state index in [1.165, 1.54) is 12.4 Å². The van der Waals surface area contributed by atoms with Crippen LogP contribution in [0.25, 0.3) is 0 Å². The zero-order valence-electron chi connectivity index (χ0n) is 9.11. The number of hydrazine groups is 1. The van der Waals surface area contributed by atoms with Gasteiger partial charge in [0.25, 0.3) is 0 Å². The highest BCUT2D eigenvalue weighted by Gasteiger charge is 2.09. The van der Waals surface area contributed by atoms with Gasteiger partial charge >= 0.3 is 0 Å². The summed E-state index contributed by atoms with van der Waals surface area (Å²) < 4.78 is 14.3. The van der Waals surface area contributed by atoms with E-state index < -0.39 is 5.82 Å². The predicted molar refractivity (Wildman–Crippen MR) is 71.6 cm³/mol. The Kier molecular flexibility index (Phi) is 3.58. The molecule has 2 aromatic rings. The molecule has 8 heteroatoms. The number of nitrogens with one attached hydrogen (secondary N) is 2. The Morgan fingerprint density at radius 3 is 2.61 bits per heavy atom. The second kappa shape index (κ2) is 5.15. The Bertz CT molecular complexity index is 576. The Balaban J connectivity index is 2.34. The Morgan fingerprint density at radius 1 is 1.22 bits per heavy atom. The minimum absolute atomic E-state index is 0.210. The average molecular weight is 313 g/mol. The highest BCUT2D eigenvalue weighted by atomic mass is 79.9. The first-order valence-corrected chi connectivity index (χ1v) is 5.70. The minimum Gasteiger partial charge on any atom is -0.393 e. The number of rotatable bonds is 3. The molecule has 6 N–H and O–H groups in total. The monoisotopic (exact) mass is 312 g/mol. The molecule has 0 aliphatic rings. The van der Waals surface area contributed by atoms with Crippen LogP contribution in [0.4, 0.5) is 27.4 Å². The summed E-state index contributed by atoms with van der Waals surface area (Å²) >= 11 is 3.17. The van der Waals surface area contributed by atoms with Crippen LogP contribution < -0.4 is 22.3 Å². The van der Waals surface area contributed by atoms with Crippen LogP contribution in [0.5, 0.6) is 0 Å². The molecule has 0 saturated carbocycles. The summed E-state index contributed by atoms with van der Waals surface area (Å²) in [6, 6.07) is 4.60. The van der Waals surface area contributed by atoms with Crippen LogP contribution in [0.2, 0.25) is 0 Å². The lowest BCUT2D eigenvalue weighted by Crippen LogP contribution is -2.12. The highest BCUT2D eigenvalue weighted by Crippen LogP contribution is 2.27. The molecule has 0 amide bonds. The fraction of sp³-hybridized carbons (Fsp3) is 0. The van der Waals surface area contributed by atoms with Crippen LogP contribution in [-0.4, -0.2) is 9.97 Å². The van der Waals surface area contributed by atoms with Gasteiger partial charge in [0, 0.05) is 4.47 Å². The van der Waals surface area contributed by atoms with Gasteiger partial charge in [-0.3, -0.25) is 0 Å². The third kappa shape index (κ3) is 2.49. The van der Waals surface area contributed by atoms with E-state index in [0.717, 1.165) is 0 Å². The molecular formula is C10H10BrFN6. The number of aromatic nitrogens is 2. The number of anilines is 4. The maximum Gasteiger partial charge on any atom is 0.168 e. The molecule has 0 aliphatic heterocycles. The lowest BCUT2D eigenvalue weighted by molar-refractivity contribution is 0.631. The largest absolute Gasteiger partial charge is 0.393 e. The third-order valence-electron chi connectivity index (χ3n) is 2.20. The van der Waals surface area contributed by atoms with Crippen molar-refractivity contribution in [2.75, 3.05) is 16.5 Å². The molecule has 18 heavy (non-hydrogen) atoms. The number of hydrogen-bond acceptors (Lipinski definition) is 6. The molecule has 94 valence electrons. The van der Waals surface area contributed by atoms with Gasteiger partial charge in [-0.05, 0) is 18.2 Å². The van der Waals surface area contributed by atoms with Crippen LogP contribution in [0.1, 0.15) is 0 Å². The van der Waals surface area contributed by atoms with Crippen molar-refractivity contribution in [1.82, 2.24) is 9.97 Å². The molecule has 0 radical (unpaired) electrons. The number of benzene rings is 1. The molecule has 0 bridgehead atoms. The molecule has 0 fully saturated rings. The maximum absolute atomic E-state index is 13.6. The molecule has 6 nitrogen and oxygen atoms in total. The number of nitrogen functional groups attached to an aromatic ring is 2. The number of halogens is 2. The SMILES string of the molecule is NNc1ncnc(Nc2ccc(Br)cc2F)c1N. The van der Waals surface area contributed by atoms with Crippen molar-refractivity contribution >= 4 is 38.9 Å². The van der Waals surface area contributed by atoms with Crippen molar-refractivity contribution in [3.8, 4) is 0 Å². The van der Waals surface area contributed by atoms with Crippen LogP contribution in [0, 0.1) is 5.82 Å². The van der Waals surface area contributed by atoms with Crippen molar-refractivity contribution in [3.63, 3.8) is 0 Å². The van der Waals surface area contributed by atoms with E-state index in [9.17, 15) is 4.39 Å². The maximum atomic E-state index is 13.6. The Labute approximate surface area is 111 Å². The van der Waals surface area contributed by atoms with Crippen molar-refractivity contribution < 1.29 is 4.39 Å². The molecule has 1 aromatic carbocycles. The Hall–Kier alpha value is -1.93. The van der Waals surface area contributed by atoms with Gasteiger partial charge in [0.2, 0.25) is 0 Å². The van der Waals surface area contributed by atoms with E-state index in [2.05, 4.69) is 36.6 Å². The molecule has 0 spiro atoms. The van der Waals surface area contributed by atoms with Crippen molar-refractivity contribution in [3.05, 3.63) is 34.8 Å². The fourth-order valence-electron chi connectivity index (χ4n) is 1.33. The summed E-state index contributed by atoms with van der Waals surface area (Å²) in [6.07, 6.45) is 1.27. The van der Waals surface area contributed by atoms with E-state index >= 15 is 0 Å². The minimum atomic E-state index is -0.426. The van der Waals surface area contributed by atoms with E-state index in [-0.39, 0.29) is 23.0 Å². The van der Waals surface area contributed by atoms with Gasteiger partial charge in [-0.25, -0.2) is 20.2 Å².